The number of aliphatic hydroxyl groups excluding tert-OH is 1. The summed E-state index contributed by atoms with van der Waals surface area (Å²) < 4.78 is 0. The average Bonchev–Trinajstić information content (AvgIpc) is 3.41. The molecular formula is C26H19NO3S. The molecule has 0 bridgehead atoms. The summed E-state index contributed by atoms with van der Waals surface area (Å²) in [7, 11) is 0. The van der Waals surface area contributed by atoms with Crippen molar-refractivity contribution >= 4 is 39.6 Å². The number of thiophene rings is 1. The van der Waals surface area contributed by atoms with E-state index in [0.29, 0.717) is 12.1 Å². The smallest absolute Gasteiger partial charge is 0.295 e. The van der Waals surface area contributed by atoms with Crippen LogP contribution in [-0.4, -0.2) is 21.7 Å². The van der Waals surface area contributed by atoms with E-state index in [0.717, 1.165) is 21.2 Å². The van der Waals surface area contributed by atoms with Gasteiger partial charge in [0.25, 0.3) is 11.7 Å². The zero-order chi connectivity index (χ0) is 21.4. The first-order valence-electron chi connectivity index (χ1n) is 9.98. The molecule has 0 saturated carbocycles. The lowest BCUT2D eigenvalue weighted by Crippen LogP contribution is -2.28. The Balaban J connectivity index is 1.66. The number of hydrogen-bond donors (Lipinski definition) is 1. The van der Waals surface area contributed by atoms with Gasteiger partial charge in [-0.15, -0.1) is 11.3 Å². The highest BCUT2D eigenvalue weighted by Gasteiger charge is 2.46. The highest BCUT2D eigenvalue weighted by atomic mass is 32.1. The van der Waals surface area contributed by atoms with Crippen LogP contribution in [0.5, 0.6) is 0 Å². The minimum Gasteiger partial charge on any atom is -0.507 e. The van der Waals surface area contributed by atoms with Crippen molar-refractivity contribution in [2.75, 3.05) is 0 Å². The number of carbonyl (C=O) groups excluding carboxylic acids is 2. The molecule has 1 N–H and O–H groups in total. The van der Waals surface area contributed by atoms with Crippen LogP contribution >= 0.6 is 11.3 Å². The van der Waals surface area contributed by atoms with Crippen LogP contribution in [0.4, 0.5) is 0 Å². The molecule has 4 nitrogen and oxygen atoms in total. The highest BCUT2D eigenvalue weighted by Crippen LogP contribution is 2.40. The quantitative estimate of drug-likeness (QED) is 0.266. The van der Waals surface area contributed by atoms with Gasteiger partial charge in [0.1, 0.15) is 5.76 Å². The van der Waals surface area contributed by atoms with E-state index >= 15 is 0 Å². The van der Waals surface area contributed by atoms with Gasteiger partial charge >= 0.3 is 0 Å². The molecule has 31 heavy (non-hydrogen) atoms. The number of amides is 1. The van der Waals surface area contributed by atoms with E-state index in [2.05, 4.69) is 0 Å². The number of hydrogen-bond acceptors (Lipinski definition) is 4. The third kappa shape index (κ3) is 3.43. The normalized spacial score (nSPS) is 18.1. The Morgan fingerprint density at radius 2 is 1.61 bits per heavy atom. The Morgan fingerprint density at radius 1 is 0.871 bits per heavy atom. The largest absolute Gasteiger partial charge is 0.507 e. The highest BCUT2D eigenvalue weighted by molar-refractivity contribution is 7.09. The van der Waals surface area contributed by atoms with Gasteiger partial charge in [0.05, 0.1) is 18.2 Å². The van der Waals surface area contributed by atoms with E-state index in [1.54, 1.807) is 11.0 Å². The molecule has 1 atom stereocenters. The molecule has 0 aliphatic carbocycles. The van der Waals surface area contributed by atoms with Crippen molar-refractivity contribution in [1.29, 1.82) is 0 Å². The van der Waals surface area contributed by atoms with Crippen LogP contribution in [0.3, 0.4) is 0 Å². The first-order valence-corrected chi connectivity index (χ1v) is 10.9. The Hall–Kier alpha value is -3.70. The molecule has 0 radical (unpaired) electrons. The predicted molar refractivity (Wildman–Crippen MR) is 123 cm³/mol. The number of likely N-dealkylation sites (tertiary alicyclic amines) is 1. The second-order valence-corrected chi connectivity index (χ2v) is 8.51. The molecule has 1 aliphatic rings. The molecule has 5 rings (SSSR count). The number of carbonyl (C=O) groups is 2. The maximum absolute atomic E-state index is 13.1. The minimum atomic E-state index is -0.656. The molecule has 1 aromatic heterocycles. The summed E-state index contributed by atoms with van der Waals surface area (Å²) in [5.74, 6) is -1.40. The lowest BCUT2D eigenvalue weighted by Gasteiger charge is -2.24. The van der Waals surface area contributed by atoms with E-state index in [-0.39, 0.29) is 11.3 Å². The predicted octanol–water partition coefficient (Wildman–Crippen LogP) is 5.52. The van der Waals surface area contributed by atoms with E-state index in [4.69, 9.17) is 0 Å². The molecule has 1 fully saturated rings. The number of ketones is 1. The number of fused-ring (bicyclic) bond motifs is 1. The van der Waals surface area contributed by atoms with Crippen molar-refractivity contribution in [3.63, 3.8) is 0 Å². The lowest BCUT2D eigenvalue weighted by atomic mass is 9.94. The van der Waals surface area contributed by atoms with E-state index in [1.807, 2.05) is 84.2 Å². The number of nitrogens with zero attached hydrogens (tertiary/aromatic N) is 1. The Bertz CT molecular complexity index is 1310. The number of rotatable bonds is 4. The van der Waals surface area contributed by atoms with Gasteiger partial charge in [0, 0.05) is 10.4 Å². The molecule has 4 aromatic rings. The van der Waals surface area contributed by atoms with Crippen molar-refractivity contribution in [3.8, 4) is 0 Å². The molecule has 2 heterocycles. The zero-order valence-corrected chi connectivity index (χ0v) is 17.4. The van der Waals surface area contributed by atoms with Crippen LogP contribution in [0, 0.1) is 0 Å². The second kappa shape index (κ2) is 7.85. The maximum atomic E-state index is 13.1. The fourth-order valence-electron chi connectivity index (χ4n) is 4.09. The fourth-order valence-corrected chi connectivity index (χ4v) is 4.79. The Labute approximate surface area is 183 Å². The number of Topliss-reactive ketones (excluding diaryl/α,β-unsaturated/α-hetero) is 1. The summed E-state index contributed by atoms with van der Waals surface area (Å²) >= 11 is 1.53. The van der Waals surface area contributed by atoms with Crippen molar-refractivity contribution in [3.05, 3.63) is 112 Å². The second-order valence-electron chi connectivity index (χ2n) is 7.48. The summed E-state index contributed by atoms with van der Waals surface area (Å²) in [6, 6.07) is 26.0. The van der Waals surface area contributed by atoms with Crippen LogP contribution in [0.1, 0.15) is 22.0 Å². The van der Waals surface area contributed by atoms with Gasteiger partial charge in [0.2, 0.25) is 0 Å². The SMILES string of the molecule is O=C1C(=O)N(Cc2cccs2)C(c2ccccc2)/C1=C(/O)c1ccc2ccccc2c1. The summed E-state index contributed by atoms with van der Waals surface area (Å²) in [4.78, 5) is 28.6. The number of benzene rings is 3. The zero-order valence-electron chi connectivity index (χ0n) is 16.6. The molecule has 5 heteroatoms. The van der Waals surface area contributed by atoms with Gasteiger partial charge < -0.3 is 10.0 Å². The van der Waals surface area contributed by atoms with Gasteiger partial charge in [-0.2, -0.15) is 0 Å². The maximum Gasteiger partial charge on any atom is 0.295 e. The lowest BCUT2D eigenvalue weighted by molar-refractivity contribution is -0.140. The molecule has 1 unspecified atom stereocenters. The molecule has 0 spiro atoms. The molecule has 1 saturated heterocycles. The van der Waals surface area contributed by atoms with Gasteiger partial charge in [0.15, 0.2) is 0 Å². The molecule has 3 aromatic carbocycles. The van der Waals surface area contributed by atoms with Crippen molar-refractivity contribution < 1.29 is 14.7 Å². The van der Waals surface area contributed by atoms with Crippen molar-refractivity contribution in [1.82, 2.24) is 4.90 Å². The van der Waals surface area contributed by atoms with Crippen molar-refractivity contribution in [2.24, 2.45) is 0 Å². The van der Waals surface area contributed by atoms with Crippen LogP contribution in [0.25, 0.3) is 16.5 Å². The van der Waals surface area contributed by atoms with E-state index in [1.165, 1.54) is 11.3 Å². The topological polar surface area (TPSA) is 57.6 Å². The monoisotopic (exact) mass is 425 g/mol. The average molecular weight is 426 g/mol. The van der Waals surface area contributed by atoms with Crippen LogP contribution in [0.15, 0.2) is 95.9 Å². The first-order chi connectivity index (χ1) is 15.1. The third-order valence-corrected chi connectivity index (χ3v) is 6.45. The number of aliphatic hydroxyl groups is 1. The van der Waals surface area contributed by atoms with E-state index < -0.39 is 17.7 Å². The minimum absolute atomic E-state index is 0.128. The van der Waals surface area contributed by atoms with Crippen molar-refractivity contribution in [2.45, 2.75) is 12.6 Å². The summed E-state index contributed by atoms with van der Waals surface area (Å²) in [6.07, 6.45) is 0. The van der Waals surface area contributed by atoms with E-state index in [9.17, 15) is 14.7 Å². The Kier molecular flexibility index (Phi) is 4.88. The van der Waals surface area contributed by atoms with Gasteiger partial charge in [-0.05, 0) is 33.8 Å². The third-order valence-electron chi connectivity index (χ3n) is 5.58. The fraction of sp³-hybridized carbons (Fsp3) is 0.0769. The molecular weight excluding hydrogens is 406 g/mol. The summed E-state index contributed by atoms with van der Waals surface area (Å²) in [5.41, 5.74) is 1.44. The Morgan fingerprint density at radius 3 is 2.35 bits per heavy atom. The molecule has 1 amide bonds. The first kappa shape index (κ1) is 19.3. The van der Waals surface area contributed by atoms with Gasteiger partial charge in [-0.1, -0.05) is 72.8 Å². The summed E-state index contributed by atoms with van der Waals surface area (Å²) in [6.45, 7) is 0.316. The standard InChI is InChI=1S/C26H19NO3S/c28-24(20-13-12-17-7-4-5-10-19(17)15-20)22-23(18-8-2-1-3-9-18)27(26(30)25(22)29)16-21-11-6-14-31-21/h1-15,23,28H,16H2/b24-22-. The molecule has 1 aliphatic heterocycles. The van der Waals surface area contributed by atoms with Crippen LogP contribution in [0.2, 0.25) is 0 Å². The molecule has 152 valence electrons. The van der Waals surface area contributed by atoms with Gasteiger partial charge in [-0.25, -0.2) is 0 Å². The van der Waals surface area contributed by atoms with Crippen LogP contribution in [-0.2, 0) is 16.1 Å². The van der Waals surface area contributed by atoms with Crippen LogP contribution < -0.4 is 0 Å². The summed E-state index contributed by atoms with van der Waals surface area (Å²) in [5, 5.41) is 15.2. The van der Waals surface area contributed by atoms with Gasteiger partial charge in [-0.3, -0.25) is 9.59 Å².